The highest BCUT2D eigenvalue weighted by Crippen LogP contribution is 2.19. The van der Waals surface area contributed by atoms with E-state index in [4.69, 9.17) is 0 Å². The topological polar surface area (TPSA) is 12.5 Å². The Bertz CT molecular complexity index is 109. The minimum Gasteiger partial charge on any atom is -0.318 e. The Labute approximate surface area is 66.1 Å². The first-order valence-corrected chi connectivity index (χ1v) is 3.80. The van der Waals surface area contributed by atoms with Crippen LogP contribution >= 0.6 is 0 Å². The molecule has 2 nitrogen and oxygen atoms in total. The summed E-state index contributed by atoms with van der Waals surface area (Å²) in [4.78, 5) is 1.55. The number of morpholine rings is 1. The summed E-state index contributed by atoms with van der Waals surface area (Å²) >= 11 is 0. The summed E-state index contributed by atoms with van der Waals surface area (Å²) < 4.78 is 28.5. The van der Waals surface area contributed by atoms with Gasteiger partial charge in [0.15, 0.2) is 0 Å². The van der Waals surface area contributed by atoms with E-state index in [-0.39, 0.29) is 13.2 Å². The molecule has 1 saturated heterocycles. The third-order valence-corrected chi connectivity index (χ3v) is 1.24. The number of rotatable bonds is 0. The highest BCUT2D eigenvalue weighted by atomic mass is 19.3. The first kappa shape index (κ1) is 10.8. The van der Waals surface area contributed by atoms with E-state index in [1.165, 1.54) is 0 Å². The Morgan fingerprint density at radius 3 is 2.18 bits per heavy atom. The van der Waals surface area contributed by atoms with Gasteiger partial charge in [-0.3, -0.25) is 4.90 Å². The second-order valence-corrected chi connectivity index (χ2v) is 2.22. The van der Waals surface area contributed by atoms with Crippen LogP contribution in [-0.4, -0.2) is 37.8 Å². The molecule has 1 aliphatic rings. The summed E-state index contributed by atoms with van der Waals surface area (Å²) in [7, 11) is 1.65. The molecule has 0 atom stereocenters. The van der Waals surface area contributed by atoms with Gasteiger partial charge in [-0.15, -0.1) is 0 Å². The average molecular weight is 167 g/mol. The van der Waals surface area contributed by atoms with E-state index in [0.29, 0.717) is 6.54 Å². The predicted octanol–water partition coefficient (Wildman–Crippen LogP) is 1.57. The number of alkyl halides is 2. The Kier molecular flexibility index (Phi) is 4.52. The lowest BCUT2D eigenvalue weighted by molar-refractivity contribution is -0.267. The zero-order chi connectivity index (χ0) is 8.91. The van der Waals surface area contributed by atoms with Crippen LogP contribution in [-0.2, 0) is 4.74 Å². The molecule has 0 saturated carbocycles. The molecule has 0 amide bonds. The van der Waals surface area contributed by atoms with Crippen LogP contribution in [0.15, 0.2) is 0 Å². The third kappa shape index (κ3) is 4.27. The van der Waals surface area contributed by atoms with Gasteiger partial charge in [-0.2, -0.15) is 8.78 Å². The molecule has 0 bridgehead atoms. The first-order valence-electron chi connectivity index (χ1n) is 3.80. The van der Waals surface area contributed by atoms with Crippen molar-refractivity contribution in [2.75, 3.05) is 26.7 Å². The van der Waals surface area contributed by atoms with Crippen LogP contribution in [0.2, 0.25) is 0 Å². The minimum absolute atomic E-state index is 0.128. The van der Waals surface area contributed by atoms with Crippen molar-refractivity contribution in [3.05, 3.63) is 0 Å². The Hall–Kier alpha value is -0.220. The summed E-state index contributed by atoms with van der Waals surface area (Å²) in [6.45, 7) is 4.44. The van der Waals surface area contributed by atoms with Crippen LogP contribution in [0.25, 0.3) is 0 Å². The van der Waals surface area contributed by atoms with E-state index < -0.39 is 6.11 Å². The van der Waals surface area contributed by atoms with E-state index in [1.807, 2.05) is 13.8 Å². The van der Waals surface area contributed by atoms with Crippen LogP contribution in [0, 0.1) is 0 Å². The lowest BCUT2D eigenvalue weighted by Crippen LogP contribution is -2.44. The molecule has 1 heterocycles. The number of halogens is 2. The number of likely N-dealkylation sites (N-methyl/N-ethyl adjacent to an activating group) is 1. The standard InChI is InChI=1S/C5H9F2NO.C2H6/c1-8-2-3-9-5(6,7)4-8;1-2/h2-4H2,1H3;1-2H3. The zero-order valence-corrected chi connectivity index (χ0v) is 7.23. The van der Waals surface area contributed by atoms with Crippen molar-refractivity contribution in [2.24, 2.45) is 0 Å². The van der Waals surface area contributed by atoms with E-state index in [2.05, 4.69) is 4.74 Å². The van der Waals surface area contributed by atoms with Crippen molar-refractivity contribution in [1.82, 2.24) is 4.90 Å². The summed E-state index contributed by atoms with van der Waals surface area (Å²) in [6, 6.07) is 0. The maximum absolute atomic E-state index is 12.2. The fraction of sp³-hybridized carbons (Fsp3) is 1.00. The molecular weight excluding hydrogens is 152 g/mol. The van der Waals surface area contributed by atoms with Gasteiger partial charge in [0.05, 0.1) is 13.2 Å². The summed E-state index contributed by atoms with van der Waals surface area (Å²) in [5.41, 5.74) is 0. The average Bonchev–Trinajstić information content (AvgIpc) is 1.89. The van der Waals surface area contributed by atoms with Crippen molar-refractivity contribution in [3.63, 3.8) is 0 Å². The normalized spacial score (nSPS) is 23.7. The highest BCUT2D eigenvalue weighted by Gasteiger charge is 2.34. The zero-order valence-electron chi connectivity index (χ0n) is 7.23. The Morgan fingerprint density at radius 1 is 1.36 bits per heavy atom. The fourth-order valence-electron chi connectivity index (χ4n) is 0.790. The smallest absolute Gasteiger partial charge is 0.318 e. The fourth-order valence-corrected chi connectivity index (χ4v) is 0.790. The molecule has 0 aromatic heterocycles. The number of hydrogen-bond donors (Lipinski definition) is 0. The Morgan fingerprint density at radius 2 is 1.91 bits per heavy atom. The summed E-state index contributed by atoms with van der Waals surface area (Å²) in [5, 5.41) is 0. The molecule has 0 unspecified atom stereocenters. The quantitative estimate of drug-likeness (QED) is 0.543. The molecule has 1 rings (SSSR count). The maximum Gasteiger partial charge on any atom is 0.368 e. The van der Waals surface area contributed by atoms with Crippen LogP contribution in [0.5, 0.6) is 0 Å². The molecule has 1 fully saturated rings. The highest BCUT2D eigenvalue weighted by molar-refractivity contribution is 4.65. The summed E-state index contributed by atoms with van der Waals surface area (Å²) in [6.07, 6.45) is -2.92. The lowest BCUT2D eigenvalue weighted by Gasteiger charge is -2.28. The SMILES string of the molecule is CC.CN1CCOC(F)(F)C1. The molecule has 0 N–H and O–H groups in total. The van der Waals surface area contributed by atoms with Gasteiger partial charge in [-0.05, 0) is 7.05 Å². The van der Waals surface area contributed by atoms with E-state index in [1.54, 1.807) is 11.9 Å². The van der Waals surface area contributed by atoms with E-state index >= 15 is 0 Å². The van der Waals surface area contributed by atoms with Crippen LogP contribution in [0.4, 0.5) is 8.78 Å². The second-order valence-electron chi connectivity index (χ2n) is 2.22. The van der Waals surface area contributed by atoms with Gasteiger partial charge in [0.1, 0.15) is 0 Å². The van der Waals surface area contributed by atoms with Crippen molar-refractivity contribution in [2.45, 2.75) is 20.0 Å². The molecule has 0 aromatic rings. The predicted molar refractivity (Wildman–Crippen MR) is 39.7 cm³/mol. The molecule has 0 aliphatic carbocycles. The Balaban J connectivity index is 0.000000461. The number of hydrogen-bond acceptors (Lipinski definition) is 2. The van der Waals surface area contributed by atoms with Crippen molar-refractivity contribution < 1.29 is 13.5 Å². The van der Waals surface area contributed by atoms with Crippen LogP contribution < -0.4 is 0 Å². The van der Waals surface area contributed by atoms with Gasteiger partial charge in [0, 0.05) is 6.54 Å². The van der Waals surface area contributed by atoms with Crippen molar-refractivity contribution >= 4 is 0 Å². The largest absolute Gasteiger partial charge is 0.368 e. The third-order valence-electron chi connectivity index (χ3n) is 1.24. The van der Waals surface area contributed by atoms with Gasteiger partial charge < -0.3 is 4.74 Å². The van der Waals surface area contributed by atoms with Gasteiger partial charge in [-0.1, -0.05) is 13.8 Å². The van der Waals surface area contributed by atoms with Crippen LogP contribution in [0.1, 0.15) is 13.8 Å². The molecule has 0 radical (unpaired) electrons. The van der Waals surface area contributed by atoms with Gasteiger partial charge in [0.2, 0.25) is 0 Å². The monoisotopic (exact) mass is 167 g/mol. The van der Waals surface area contributed by atoms with Crippen molar-refractivity contribution in [1.29, 1.82) is 0 Å². The molecule has 4 heteroatoms. The molecule has 11 heavy (non-hydrogen) atoms. The molecular formula is C7H15F2NO. The molecule has 68 valence electrons. The van der Waals surface area contributed by atoms with E-state index in [9.17, 15) is 8.78 Å². The minimum atomic E-state index is -2.92. The number of ether oxygens (including phenoxy) is 1. The maximum atomic E-state index is 12.2. The molecule has 1 aliphatic heterocycles. The van der Waals surface area contributed by atoms with Gasteiger partial charge in [-0.25, -0.2) is 0 Å². The van der Waals surface area contributed by atoms with Crippen LogP contribution in [0.3, 0.4) is 0 Å². The molecule has 0 spiro atoms. The van der Waals surface area contributed by atoms with Gasteiger partial charge in [0.25, 0.3) is 0 Å². The molecule has 0 aromatic carbocycles. The summed E-state index contributed by atoms with van der Waals surface area (Å²) in [5.74, 6) is 0. The van der Waals surface area contributed by atoms with E-state index in [0.717, 1.165) is 0 Å². The first-order chi connectivity index (χ1) is 5.10. The lowest BCUT2D eigenvalue weighted by atomic mass is 10.4. The van der Waals surface area contributed by atoms with Crippen molar-refractivity contribution in [3.8, 4) is 0 Å². The van der Waals surface area contributed by atoms with Gasteiger partial charge >= 0.3 is 6.11 Å². The number of nitrogens with zero attached hydrogens (tertiary/aromatic N) is 1. The second kappa shape index (κ2) is 4.62.